The summed E-state index contributed by atoms with van der Waals surface area (Å²) in [6.45, 7) is 0.119. The van der Waals surface area contributed by atoms with Gasteiger partial charge < -0.3 is 14.9 Å². The summed E-state index contributed by atoms with van der Waals surface area (Å²) in [6, 6.07) is 9.29. The first kappa shape index (κ1) is 12.9. The Morgan fingerprint density at radius 3 is 2.90 bits per heavy atom. The third-order valence-electron chi connectivity index (χ3n) is 2.81. The van der Waals surface area contributed by atoms with Crippen molar-refractivity contribution in [2.24, 2.45) is 0 Å². The number of pyridine rings is 1. The highest BCUT2D eigenvalue weighted by atomic mass is 16.5. The third-order valence-corrected chi connectivity index (χ3v) is 2.81. The van der Waals surface area contributed by atoms with Crippen LogP contribution in [0.2, 0.25) is 0 Å². The number of phenols is 1. The molecule has 0 saturated carbocycles. The van der Waals surface area contributed by atoms with Crippen molar-refractivity contribution in [2.75, 3.05) is 0 Å². The number of aromatic carboxylic acids is 1. The number of fused-ring (bicyclic) bond motifs is 1. The third kappa shape index (κ3) is 2.76. The zero-order valence-electron chi connectivity index (χ0n) is 10.8. The summed E-state index contributed by atoms with van der Waals surface area (Å²) in [5, 5.41) is 22.4. The number of carboxylic acid groups (broad SMARTS) is 1. The minimum Gasteiger partial charge on any atom is -0.508 e. The number of hydrogen-bond donors (Lipinski definition) is 2. The van der Waals surface area contributed by atoms with E-state index in [1.54, 1.807) is 18.2 Å². The van der Waals surface area contributed by atoms with Crippen molar-refractivity contribution >= 4 is 11.6 Å². The second kappa shape index (κ2) is 5.12. The van der Waals surface area contributed by atoms with Crippen LogP contribution in [0.15, 0.2) is 42.6 Å². The molecule has 0 atom stereocenters. The number of benzene rings is 1. The Morgan fingerprint density at radius 1 is 1.29 bits per heavy atom. The molecule has 2 aromatic heterocycles. The molecule has 0 fully saturated rings. The quantitative estimate of drug-likeness (QED) is 0.757. The van der Waals surface area contributed by atoms with Crippen LogP contribution in [0, 0.1) is 0 Å². The average Bonchev–Trinajstić information content (AvgIpc) is 2.87. The smallest absolute Gasteiger partial charge is 0.335 e. The summed E-state index contributed by atoms with van der Waals surface area (Å²) >= 11 is 0. The van der Waals surface area contributed by atoms with Crippen LogP contribution in [-0.2, 0) is 6.61 Å². The minimum atomic E-state index is -1.02. The van der Waals surface area contributed by atoms with Gasteiger partial charge in [-0.25, -0.2) is 14.3 Å². The lowest BCUT2D eigenvalue weighted by Crippen LogP contribution is -1.98. The molecule has 3 aromatic rings. The van der Waals surface area contributed by atoms with Crippen LogP contribution in [0.5, 0.6) is 11.5 Å². The molecular weight excluding hydrogens is 274 g/mol. The number of carbonyl (C=O) groups is 1. The SMILES string of the molecule is O=C(O)c1ccn2nc(COc3cccc(O)c3)nc2c1. The van der Waals surface area contributed by atoms with Crippen LogP contribution < -0.4 is 4.74 Å². The lowest BCUT2D eigenvalue weighted by molar-refractivity contribution is 0.0697. The van der Waals surface area contributed by atoms with Crippen LogP contribution in [0.1, 0.15) is 16.2 Å². The lowest BCUT2D eigenvalue weighted by Gasteiger charge is -2.02. The summed E-state index contributed by atoms with van der Waals surface area (Å²) in [6.07, 6.45) is 1.53. The lowest BCUT2D eigenvalue weighted by atomic mass is 10.3. The van der Waals surface area contributed by atoms with E-state index < -0.39 is 5.97 Å². The molecule has 0 spiro atoms. The molecule has 21 heavy (non-hydrogen) atoms. The van der Waals surface area contributed by atoms with E-state index >= 15 is 0 Å². The number of hydrogen-bond acceptors (Lipinski definition) is 5. The van der Waals surface area contributed by atoms with Crippen LogP contribution in [0.4, 0.5) is 0 Å². The van der Waals surface area contributed by atoms with E-state index in [-0.39, 0.29) is 17.9 Å². The number of aromatic nitrogens is 3. The molecule has 0 radical (unpaired) electrons. The van der Waals surface area contributed by atoms with E-state index in [1.807, 2.05) is 0 Å². The second-order valence-electron chi connectivity index (χ2n) is 4.34. The Balaban J connectivity index is 1.80. The van der Waals surface area contributed by atoms with E-state index in [0.29, 0.717) is 17.2 Å². The summed E-state index contributed by atoms with van der Waals surface area (Å²) < 4.78 is 6.95. The van der Waals surface area contributed by atoms with Crippen molar-refractivity contribution < 1.29 is 19.7 Å². The fraction of sp³-hybridized carbons (Fsp3) is 0.0714. The summed E-state index contributed by atoms with van der Waals surface area (Å²) in [4.78, 5) is 15.1. The molecule has 0 saturated heterocycles. The zero-order chi connectivity index (χ0) is 14.8. The molecule has 106 valence electrons. The Bertz CT molecular complexity index is 813. The molecule has 0 aliphatic carbocycles. The topological polar surface area (TPSA) is 97.0 Å². The monoisotopic (exact) mass is 285 g/mol. The normalized spacial score (nSPS) is 10.7. The molecule has 0 aliphatic heterocycles. The van der Waals surface area contributed by atoms with Crippen molar-refractivity contribution in [1.82, 2.24) is 14.6 Å². The van der Waals surface area contributed by atoms with Crippen molar-refractivity contribution in [1.29, 1.82) is 0 Å². The standard InChI is InChI=1S/C14H11N3O4/c18-10-2-1-3-11(7-10)21-8-12-15-13-6-9(14(19)20)4-5-17(13)16-12/h1-7,18H,8H2,(H,19,20). The van der Waals surface area contributed by atoms with Gasteiger partial charge in [-0.1, -0.05) is 6.07 Å². The first-order valence-electron chi connectivity index (χ1n) is 6.12. The molecule has 0 bridgehead atoms. The molecule has 0 unspecified atom stereocenters. The summed E-state index contributed by atoms with van der Waals surface area (Å²) in [7, 11) is 0. The number of aromatic hydroxyl groups is 1. The van der Waals surface area contributed by atoms with Gasteiger partial charge in [-0.2, -0.15) is 0 Å². The minimum absolute atomic E-state index is 0.113. The number of carboxylic acids is 1. The van der Waals surface area contributed by atoms with Crippen LogP contribution in [0.25, 0.3) is 5.65 Å². The van der Waals surface area contributed by atoms with Crippen molar-refractivity contribution in [3.05, 3.63) is 54.0 Å². The van der Waals surface area contributed by atoms with E-state index in [9.17, 15) is 9.90 Å². The zero-order valence-corrected chi connectivity index (χ0v) is 10.8. The van der Waals surface area contributed by atoms with Gasteiger partial charge in [-0.3, -0.25) is 0 Å². The van der Waals surface area contributed by atoms with Crippen molar-refractivity contribution in [3.63, 3.8) is 0 Å². The molecule has 2 heterocycles. The Labute approximate surface area is 119 Å². The first-order chi connectivity index (χ1) is 10.1. The van der Waals surface area contributed by atoms with Crippen molar-refractivity contribution in [2.45, 2.75) is 6.61 Å². The van der Waals surface area contributed by atoms with Crippen LogP contribution in [0.3, 0.4) is 0 Å². The molecule has 2 N–H and O–H groups in total. The fourth-order valence-electron chi connectivity index (χ4n) is 1.84. The van der Waals surface area contributed by atoms with Gasteiger partial charge in [-0.15, -0.1) is 5.10 Å². The molecule has 0 aliphatic rings. The van der Waals surface area contributed by atoms with E-state index in [0.717, 1.165) is 0 Å². The van der Waals surface area contributed by atoms with Gasteiger partial charge in [0.1, 0.15) is 18.1 Å². The van der Waals surface area contributed by atoms with E-state index in [1.165, 1.54) is 28.9 Å². The number of ether oxygens (including phenoxy) is 1. The van der Waals surface area contributed by atoms with Crippen LogP contribution in [-0.4, -0.2) is 30.8 Å². The Morgan fingerprint density at radius 2 is 2.14 bits per heavy atom. The highest BCUT2D eigenvalue weighted by Gasteiger charge is 2.08. The number of nitrogens with zero attached hydrogens (tertiary/aromatic N) is 3. The predicted octanol–water partition coefficient (Wildman–Crippen LogP) is 1.71. The maximum Gasteiger partial charge on any atom is 0.335 e. The number of rotatable bonds is 4. The van der Waals surface area contributed by atoms with Crippen molar-refractivity contribution in [3.8, 4) is 11.5 Å². The highest BCUT2D eigenvalue weighted by molar-refractivity contribution is 5.88. The molecule has 3 rings (SSSR count). The molecular formula is C14H11N3O4. The predicted molar refractivity (Wildman–Crippen MR) is 72.4 cm³/mol. The molecule has 1 aromatic carbocycles. The largest absolute Gasteiger partial charge is 0.508 e. The van der Waals surface area contributed by atoms with Gasteiger partial charge in [0.25, 0.3) is 0 Å². The Kier molecular flexibility index (Phi) is 3.15. The maximum atomic E-state index is 10.9. The highest BCUT2D eigenvalue weighted by Crippen LogP contribution is 2.18. The van der Waals surface area contributed by atoms with E-state index in [2.05, 4.69) is 10.1 Å². The van der Waals surface area contributed by atoms with Gasteiger partial charge in [0, 0.05) is 12.3 Å². The average molecular weight is 285 g/mol. The van der Waals surface area contributed by atoms with Gasteiger partial charge in [0.15, 0.2) is 11.5 Å². The van der Waals surface area contributed by atoms with Gasteiger partial charge in [-0.05, 0) is 24.3 Å². The maximum absolute atomic E-state index is 10.9. The fourth-order valence-corrected chi connectivity index (χ4v) is 1.84. The number of phenolic OH excluding ortho intramolecular Hbond substituents is 1. The molecule has 0 amide bonds. The first-order valence-corrected chi connectivity index (χ1v) is 6.12. The summed E-state index contributed by atoms with van der Waals surface area (Å²) in [5.41, 5.74) is 0.583. The summed E-state index contributed by atoms with van der Waals surface area (Å²) in [5.74, 6) is 0.0144. The second-order valence-corrected chi connectivity index (χ2v) is 4.34. The van der Waals surface area contributed by atoms with Gasteiger partial charge >= 0.3 is 5.97 Å². The Hall–Kier alpha value is -3.09. The van der Waals surface area contributed by atoms with Gasteiger partial charge in [0.2, 0.25) is 0 Å². The molecule has 7 nitrogen and oxygen atoms in total. The molecule has 7 heteroatoms. The van der Waals surface area contributed by atoms with E-state index in [4.69, 9.17) is 9.84 Å². The van der Waals surface area contributed by atoms with Crippen LogP contribution >= 0.6 is 0 Å². The van der Waals surface area contributed by atoms with Gasteiger partial charge in [0.05, 0.1) is 5.56 Å².